The summed E-state index contributed by atoms with van der Waals surface area (Å²) in [4.78, 5) is 24.0. The minimum atomic E-state index is -1.18. The van der Waals surface area contributed by atoms with Crippen molar-refractivity contribution in [2.45, 2.75) is 39.2 Å². The smallest absolute Gasteiger partial charge is 0.331 e. The number of aliphatic carboxylic acids is 1. The quantitative estimate of drug-likeness (QED) is 0.853. The Bertz CT molecular complexity index is 720. The summed E-state index contributed by atoms with van der Waals surface area (Å²) in [7, 11) is 0. The van der Waals surface area contributed by atoms with Crippen molar-refractivity contribution >= 4 is 17.6 Å². The van der Waals surface area contributed by atoms with E-state index in [9.17, 15) is 14.7 Å². The van der Waals surface area contributed by atoms with Crippen molar-refractivity contribution < 1.29 is 14.7 Å². The fourth-order valence-electron chi connectivity index (χ4n) is 2.51. The molecule has 0 fully saturated rings. The second-order valence-corrected chi connectivity index (χ2v) is 6.66. The first kappa shape index (κ1) is 17.7. The van der Waals surface area contributed by atoms with Crippen molar-refractivity contribution in [3.05, 3.63) is 48.3 Å². The normalized spacial score (nSPS) is 12.9. The highest BCUT2D eigenvalue weighted by molar-refractivity contribution is 5.95. The molecule has 0 spiro atoms. The Hall–Kier alpha value is -2.63. The molecule has 0 aliphatic heterocycles. The number of carboxylic acids is 1. The Labute approximate surface area is 141 Å². The average Bonchev–Trinajstić information content (AvgIpc) is 2.97. The van der Waals surface area contributed by atoms with E-state index in [1.807, 2.05) is 44.2 Å². The number of rotatable bonds is 6. The van der Waals surface area contributed by atoms with Crippen molar-refractivity contribution in [2.75, 3.05) is 5.32 Å². The third kappa shape index (κ3) is 3.64. The summed E-state index contributed by atoms with van der Waals surface area (Å²) in [5, 5.41) is 16.1. The molecule has 0 bridgehead atoms. The van der Waals surface area contributed by atoms with Gasteiger partial charge in [0.25, 0.3) is 0 Å². The highest BCUT2D eigenvalue weighted by Crippen LogP contribution is 2.26. The summed E-state index contributed by atoms with van der Waals surface area (Å²) in [6, 6.07) is 9.59. The highest BCUT2D eigenvalue weighted by Gasteiger charge is 2.31. The van der Waals surface area contributed by atoms with Gasteiger partial charge in [0.05, 0.1) is 17.8 Å². The van der Waals surface area contributed by atoms with Gasteiger partial charge in [0.2, 0.25) is 5.91 Å². The largest absolute Gasteiger partial charge is 0.479 e. The molecule has 6 heteroatoms. The minimum absolute atomic E-state index is 0.123. The maximum atomic E-state index is 12.7. The molecule has 1 amide bonds. The molecule has 1 aromatic carbocycles. The number of carboxylic acid groups (broad SMARTS) is 1. The van der Waals surface area contributed by atoms with Crippen molar-refractivity contribution in [1.82, 2.24) is 9.78 Å². The molecule has 1 heterocycles. The number of benzene rings is 1. The van der Waals surface area contributed by atoms with Crippen LogP contribution in [0.5, 0.6) is 0 Å². The molecule has 2 N–H and O–H groups in total. The van der Waals surface area contributed by atoms with Gasteiger partial charge in [-0.2, -0.15) is 5.10 Å². The summed E-state index contributed by atoms with van der Waals surface area (Å²) in [5.74, 6) is -1.29. The fraction of sp³-hybridized carbons (Fsp3) is 0.389. The number of carbonyl (C=O) groups is 2. The number of nitrogens with zero attached hydrogens (tertiary/aromatic N) is 2. The molecule has 0 aliphatic carbocycles. The molecule has 1 atom stereocenters. The van der Waals surface area contributed by atoms with Crippen LogP contribution in [0.15, 0.2) is 42.7 Å². The summed E-state index contributed by atoms with van der Waals surface area (Å²) >= 11 is 0. The van der Waals surface area contributed by atoms with Crippen LogP contribution < -0.4 is 5.32 Å². The lowest BCUT2D eigenvalue weighted by Gasteiger charge is -2.21. The van der Waals surface area contributed by atoms with E-state index in [0.717, 1.165) is 5.56 Å². The van der Waals surface area contributed by atoms with Gasteiger partial charge < -0.3 is 10.4 Å². The van der Waals surface area contributed by atoms with E-state index >= 15 is 0 Å². The summed E-state index contributed by atoms with van der Waals surface area (Å²) in [6.45, 7) is 7.09. The monoisotopic (exact) mass is 329 g/mol. The average molecular weight is 329 g/mol. The molecule has 1 unspecified atom stereocenters. The summed E-state index contributed by atoms with van der Waals surface area (Å²) in [5.41, 5.74) is 0.249. The van der Waals surface area contributed by atoms with Crippen molar-refractivity contribution in [3.63, 3.8) is 0 Å². The Morgan fingerprint density at radius 1 is 1.21 bits per heavy atom. The molecule has 6 nitrogen and oxygen atoms in total. The van der Waals surface area contributed by atoms with E-state index < -0.39 is 11.5 Å². The zero-order chi connectivity index (χ0) is 17.9. The molecule has 0 saturated carbocycles. The number of anilines is 1. The van der Waals surface area contributed by atoms with Crippen LogP contribution in [0.1, 0.15) is 39.2 Å². The van der Waals surface area contributed by atoms with Gasteiger partial charge in [-0.3, -0.25) is 9.48 Å². The second kappa shape index (κ2) is 6.86. The molecule has 2 rings (SSSR count). The molecular weight excluding hydrogens is 306 g/mol. The topological polar surface area (TPSA) is 84.2 Å². The van der Waals surface area contributed by atoms with Crippen LogP contribution in [-0.4, -0.2) is 26.8 Å². The van der Waals surface area contributed by atoms with Gasteiger partial charge in [-0.05, 0) is 25.3 Å². The molecule has 24 heavy (non-hydrogen) atoms. The van der Waals surface area contributed by atoms with Gasteiger partial charge in [0, 0.05) is 6.20 Å². The Morgan fingerprint density at radius 2 is 1.83 bits per heavy atom. The Morgan fingerprint density at radius 3 is 2.38 bits per heavy atom. The van der Waals surface area contributed by atoms with E-state index in [-0.39, 0.29) is 17.7 Å². The van der Waals surface area contributed by atoms with Gasteiger partial charge in [-0.15, -0.1) is 0 Å². The first-order valence-corrected chi connectivity index (χ1v) is 7.88. The standard InChI is InChI=1S/C18H23N3O3/c1-12(2)15(13-8-6-5-7-9-13)16(22)20-14-10-19-21(11-14)18(3,4)17(23)24/h5-12,15H,1-4H3,(H,20,22)(H,23,24). The summed E-state index contributed by atoms with van der Waals surface area (Å²) < 4.78 is 1.33. The first-order chi connectivity index (χ1) is 11.2. The number of hydrogen-bond acceptors (Lipinski definition) is 3. The van der Waals surface area contributed by atoms with E-state index in [1.165, 1.54) is 17.1 Å². The Balaban J connectivity index is 2.20. The second-order valence-electron chi connectivity index (χ2n) is 6.66. The zero-order valence-electron chi connectivity index (χ0n) is 14.4. The van der Waals surface area contributed by atoms with Crippen LogP contribution in [0.4, 0.5) is 5.69 Å². The van der Waals surface area contributed by atoms with Crippen LogP contribution in [-0.2, 0) is 15.1 Å². The van der Waals surface area contributed by atoms with Crippen LogP contribution in [0.3, 0.4) is 0 Å². The van der Waals surface area contributed by atoms with E-state index in [0.29, 0.717) is 5.69 Å². The predicted octanol–water partition coefficient (Wildman–Crippen LogP) is 3.08. The van der Waals surface area contributed by atoms with Crippen molar-refractivity contribution in [2.24, 2.45) is 5.92 Å². The van der Waals surface area contributed by atoms with Crippen LogP contribution in [0.25, 0.3) is 0 Å². The van der Waals surface area contributed by atoms with Crippen molar-refractivity contribution in [3.8, 4) is 0 Å². The molecule has 0 aliphatic rings. The van der Waals surface area contributed by atoms with Gasteiger partial charge in [0.1, 0.15) is 0 Å². The highest BCUT2D eigenvalue weighted by atomic mass is 16.4. The zero-order valence-corrected chi connectivity index (χ0v) is 14.4. The number of nitrogens with one attached hydrogen (secondary N) is 1. The van der Waals surface area contributed by atoms with Gasteiger partial charge in [-0.1, -0.05) is 44.2 Å². The lowest BCUT2D eigenvalue weighted by Crippen LogP contribution is -2.36. The van der Waals surface area contributed by atoms with E-state index in [1.54, 1.807) is 13.8 Å². The fourth-order valence-corrected chi connectivity index (χ4v) is 2.51. The molecule has 2 aromatic rings. The number of aromatic nitrogens is 2. The van der Waals surface area contributed by atoms with E-state index in [2.05, 4.69) is 10.4 Å². The lowest BCUT2D eigenvalue weighted by molar-refractivity contribution is -0.146. The maximum Gasteiger partial charge on any atom is 0.331 e. The third-order valence-corrected chi connectivity index (χ3v) is 4.05. The maximum absolute atomic E-state index is 12.7. The number of carbonyl (C=O) groups excluding carboxylic acids is 1. The van der Waals surface area contributed by atoms with E-state index in [4.69, 9.17) is 0 Å². The molecule has 0 saturated heterocycles. The summed E-state index contributed by atoms with van der Waals surface area (Å²) in [6.07, 6.45) is 3.00. The van der Waals surface area contributed by atoms with Gasteiger partial charge in [0.15, 0.2) is 5.54 Å². The van der Waals surface area contributed by atoms with Crippen LogP contribution >= 0.6 is 0 Å². The predicted molar refractivity (Wildman–Crippen MR) is 91.8 cm³/mol. The van der Waals surface area contributed by atoms with Crippen molar-refractivity contribution in [1.29, 1.82) is 0 Å². The molecule has 1 aromatic heterocycles. The van der Waals surface area contributed by atoms with Gasteiger partial charge >= 0.3 is 5.97 Å². The molecular formula is C18H23N3O3. The number of hydrogen-bond donors (Lipinski definition) is 2. The third-order valence-electron chi connectivity index (χ3n) is 4.05. The molecule has 128 valence electrons. The van der Waals surface area contributed by atoms with Crippen LogP contribution in [0.2, 0.25) is 0 Å². The lowest BCUT2D eigenvalue weighted by atomic mass is 9.87. The van der Waals surface area contributed by atoms with Gasteiger partial charge in [-0.25, -0.2) is 4.79 Å². The SMILES string of the molecule is CC(C)C(C(=O)Nc1cnn(C(C)(C)C(=O)O)c1)c1ccccc1. The number of amides is 1. The van der Waals surface area contributed by atoms with Crippen LogP contribution in [0, 0.1) is 5.92 Å². The first-order valence-electron chi connectivity index (χ1n) is 7.88. The minimum Gasteiger partial charge on any atom is -0.479 e. The molecule has 0 radical (unpaired) electrons. The Kier molecular flexibility index (Phi) is 5.07.